The Kier molecular flexibility index (Phi) is 5.09. The lowest BCUT2D eigenvalue weighted by molar-refractivity contribution is -0.172. The normalized spacial score (nSPS) is 17.1. The summed E-state index contributed by atoms with van der Waals surface area (Å²) in [4.78, 5) is 26.5. The third-order valence-electron chi connectivity index (χ3n) is 5.40. The summed E-state index contributed by atoms with van der Waals surface area (Å²) in [6, 6.07) is 14.8. The van der Waals surface area contributed by atoms with Gasteiger partial charge in [-0.2, -0.15) is 0 Å². The lowest BCUT2D eigenvalue weighted by atomic mass is 9.72. The molecule has 1 unspecified atom stereocenters. The molecule has 1 aromatic heterocycles. The minimum atomic E-state index is -1.54. The highest BCUT2D eigenvalue weighted by Crippen LogP contribution is 2.55. The van der Waals surface area contributed by atoms with Crippen LogP contribution < -0.4 is 0 Å². The summed E-state index contributed by atoms with van der Waals surface area (Å²) in [5, 5.41) is 1.34. The molecule has 6 heteroatoms. The maximum Gasteiger partial charge on any atom is 0.324 e. The minimum Gasteiger partial charge on any atom is -0.465 e. The first-order chi connectivity index (χ1) is 14.0. The van der Waals surface area contributed by atoms with Gasteiger partial charge in [0.15, 0.2) is 5.41 Å². The largest absolute Gasteiger partial charge is 0.465 e. The van der Waals surface area contributed by atoms with E-state index in [1.54, 1.807) is 26.0 Å². The Hall–Kier alpha value is -2.79. The SMILES string of the molecule is CCOC(=O)C1(C(=O)OCC)Cc2oc3ccc(Cl)cc3c2C1c1ccccc1. The van der Waals surface area contributed by atoms with Crippen molar-refractivity contribution in [3.8, 4) is 0 Å². The van der Waals surface area contributed by atoms with Gasteiger partial charge in [0.2, 0.25) is 0 Å². The average molecular weight is 413 g/mol. The molecule has 1 heterocycles. The molecule has 0 spiro atoms. The topological polar surface area (TPSA) is 65.7 Å². The Morgan fingerprint density at radius 3 is 2.34 bits per heavy atom. The van der Waals surface area contributed by atoms with Crippen molar-refractivity contribution in [2.45, 2.75) is 26.2 Å². The lowest BCUT2D eigenvalue weighted by Crippen LogP contribution is -2.46. The van der Waals surface area contributed by atoms with Crippen LogP contribution in [0, 0.1) is 5.41 Å². The fraction of sp³-hybridized carbons (Fsp3) is 0.304. The zero-order chi connectivity index (χ0) is 20.6. The van der Waals surface area contributed by atoms with Gasteiger partial charge in [-0.3, -0.25) is 9.59 Å². The molecule has 5 nitrogen and oxygen atoms in total. The van der Waals surface area contributed by atoms with E-state index in [-0.39, 0.29) is 19.6 Å². The Labute approximate surface area is 173 Å². The molecular weight excluding hydrogens is 392 g/mol. The maximum atomic E-state index is 13.2. The van der Waals surface area contributed by atoms with E-state index in [1.165, 1.54) is 0 Å². The number of carbonyl (C=O) groups is 2. The second kappa shape index (κ2) is 7.56. The molecular formula is C23H21ClO5. The van der Waals surface area contributed by atoms with E-state index in [1.807, 2.05) is 36.4 Å². The van der Waals surface area contributed by atoms with Gasteiger partial charge in [0.25, 0.3) is 0 Å². The van der Waals surface area contributed by atoms with Crippen LogP contribution in [0.25, 0.3) is 11.0 Å². The van der Waals surface area contributed by atoms with E-state index in [0.29, 0.717) is 16.4 Å². The molecule has 2 aromatic carbocycles. The fourth-order valence-corrected chi connectivity index (χ4v) is 4.44. The molecule has 0 saturated carbocycles. The first-order valence-electron chi connectivity index (χ1n) is 9.63. The number of ether oxygens (including phenoxy) is 2. The molecule has 1 aliphatic carbocycles. The molecule has 3 aromatic rings. The van der Waals surface area contributed by atoms with Gasteiger partial charge in [0.05, 0.1) is 13.2 Å². The third-order valence-corrected chi connectivity index (χ3v) is 5.63. The predicted octanol–water partition coefficient (Wildman–Crippen LogP) is 4.89. The van der Waals surface area contributed by atoms with Gasteiger partial charge in [0.1, 0.15) is 11.3 Å². The van der Waals surface area contributed by atoms with Gasteiger partial charge in [-0.05, 0) is 37.6 Å². The van der Waals surface area contributed by atoms with Crippen LogP contribution in [0.1, 0.15) is 36.7 Å². The standard InChI is InChI=1S/C23H21ClO5/c1-3-27-21(25)23(22(26)28-4-2)13-18-19(20(23)14-8-6-5-7-9-14)16-12-15(24)10-11-17(16)29-18/h5-12,20H,3-4,13H2,1-2H3. The Balaban J connectivity index is 2.01. The molecule has 29 heavy (non-hydrogen) atoms. The third kappa shape index (κ3) is 3.01. The monoisotopic (exact) mass is 412 g/mol. The van der Waals surface area contributed by atoms with Crippen molar-refractivity contribution in [3.05, 3.63) is 70.4 Å². The van der Waals surface area contributed by atoms with Crippen molar-refractivity contribution < 1.29 is 23.5 Å². The van der Waals surface area contributed by atoms with Crippen molar-refractivity contribution >= 4 is 34.5 Å². The Morgan fingerprint density at radius 1 is 1.07 bits per heavy atom. The second-order valence-electron chi connectivity index (χ2n) is 7.01. The molecule has 4 rings (SSSR count). The molecule has 0 amide bonds. The number of benzene rings is 2. The van der Waals surface area contributed by atoms with Crippen molar-refractivity contribution in [2.75, 3.05) is 13.2 Å². The summed E-state index contributed by atoms with van der Waals surface area (Å²) in [7, 11) is 0. The number of rotatable bonds is 5. The first-order valence-corrected chi connectivity index (χ1v) is 10.0. The maximum absolute atomic E-state index is 13.2. The smallest absolute Gasteiger partial charge is 0.324 e. The van der Waals surface area contributed by atoms with E-state index < -0.39 is 23.3 Å². The highest BCUT2D eigenvalue weighted by molar-refractivity contribution is 6.31. The summed E-state index contributed by atoms with van der Waals surface area (Å²) in [6.45, 7) is 3.76. The number of hydrogen-bond donors (Lipinski definition) is 0. The average Bonchev–Trinajstić information content (AvgIpc) is 3.23. The molecule has 0 radical (unpaired) electrons. The molecule has 1 atom stereocenters. The summed E-state index contributed by atoms with van der Waals surface area (Å²) >= 11 is 6.24. The van der Waals surface area contributed by atoms with Gasteiger partial charge >= 0.3 is 11.9 Å². The van der Waals surface area contributed by atoms with E-state index in [0.717, 1.165) is 16.5 Å². The van der Waals surface area contributed by atoms with E-state index in [4.69, 9.17) is 25.5 Å². The summed E-state index contributed by atoms with van der Waals surface area (Å²) in [5.41, 5.74) is 0.726. The van der Waals surface area contributed by atoms with Crippen molar-refractivity contribution in [1.29, 1.82) is 0 Å². The number of carbonyl (C=O) groups excluding carboxylic acids is 2. The molecule has 1 aliphatic rings. The molecule has 0 fully saturated rings. The van der Waals surface area contributed by atoms with Gasteiger partial charge < -0.3 is 13.9 Å². The molecule has 0 aliphatic heterocycles. The molecule has 150 valence electrons. The first kappa shape index (κ1) is 19.5. The van der Waals surface area contributed by atoms with Crippen LogP contribution in [0.3, 0.4) is 0 Å². The number of hydrogen-bond acceptors (Lipinski definition) is 5. The summed E-state index contributed by atoms with van der Waals surface area (Å²) in [6.07, 6.45) is 0.0753. The van der Waals surface area contributed by atoms with Crippen LogP contribution in [-0.4, -0.2) is 25.2 Å². The minimum absolute atomic E-state index is 0.0753. The number of fused-ring (bicyclic) bond motifs is 3. The Bertz CT molecular complexity index is 1050. The summed E-state index contributed by atoms with van der Waals surface area (Å²) < 4.78 is 16.8. The van der Waals surface area contributed by atoms with E-state index in [9.17, 15) is 9.59 Å². The van der Waals surface area contributed by atoms with E-state index in [2.05, 4.69) is 0 Å². The van der Waals surface area contributed by atoms with Gasteiger partial charge in [-0.1, -0.05) is 41.9 Å². The fourth-order valence-electron chi connectivity index (χ4n) is 4.27. The highest BCUT2D eigenvalue weighted by atomic mass is 35.5. The van der Waals surface area contributed by atoms with Crippen molar-refractivity contribution in [2.24, 2.45) is 5.41 Å². The molecule has 0 saturated heterocycles. The number of esters is 2. The predicted molar refractivity (Wildman–Crippen MR) is 109 cm³/mol. The quantitative estimate of drug-likeness (QED) is 0.441. The van der Waals surface area contributed by atoms with Crippen molar-refractivity contribution in [1.82, 2.24) is 0 Å². The number of furan rings is 1. The zero-order valence-corrected chi connectivity index (χ0v) is 17.0. The van der Waals surface area contributed by atoms with Crippen LogP contribution in [0.5, 0.6) is 0 Å². The molecule has 0 N–H and O–H groups in total. The Morgan fingerprint density at radius 2 is 1.72 bits per heavy atom. The van der Waals surface area contributed by atoms with Gasteiger partial charge in [-0.25, -0.2) is 0 Å². The van der Waals surface area contributed by atoms with Crippen LogP contribution in [-0.2, 0) is 25.5 Å². The van der Waals surface area contributed by atoms with E-state index >= 15 is 0 Å². The second-order valence-corrected chi connectivity index (χ2v) is 7.45. The van der Waals surface area contributed by atoms with Gasteiger partial charge in [-0.15, -0.1) is 0 Å². The summed E-state index contributed by atoms with van der Waals surface area (Å²) in [5.74, 6) is -1.23. The lowest BCUT2D eigenvalue weighted by Gasteiger charge is -2.31. The zero-order valence-electron chi connectivity index (χ0n) is 16.2. The highest BCUT2D eigenvalue weighted by Gasteiger charge is 2.62. The van der Waals surface area contributed by atoms with Crippen LogP contribution >= 0.6 is 11.6 Å². The van der Waals surface area contributed by atoms with Gasteiger partial charge in [0, 0.05) is 28.3 Å². The van der Waals surface area contributed by atoms with Crippen LogP contribution in [0.4, 0.5) is 0 Å². The van der Waals surface area contributed by atoms with Crippen LogP contribution in [0.2, 0.25) is 5.02 Å². The van der Waals surface area contributed by atoms with Crippen molar-refractivity contribution in [3.63, 3.8) is 0 Å². The number of halogens is 1. The van der Waals surface area contributed by atoms with Crippen LogP contribution in [0.15, 0.2) is 52.9 Å². The molecule has 0 bridgehead atoms.